The molecule has 37 heavy (non-hydrogen) atoms. The molecule has 0 aliphatic carbocycles. The van der Waals surface area contributed by atoms with Crippen LogP contribution in [0.1, 0.15) is 43.5 Å². The summed E-state index contributed by atoms with van der Waals surface area (Å²) in [5.41, 5.74) is 9.61. The van der Waals surface area contributed by atoms with E-state index in [-0.39, 0.29) is 37.0 Å². The molecule has 1 saturated heterocycles. The van der Waals surface area contributed by atoms with Crippen LogP contribution in [0, 0.1) is 6.92 Å². The van der Waals surface area contributed by atoms with Crippen molar-refractivity contribution in [1.29, 1.82) is 0 Å². The van der Waals surface area contributed by atoms with Crippen LogP contribution < -0.4 is 20.7 Å². The second kappa shape index (κ2) is 12.2. The third-order valence-corrected chi connectivity index (χ3v) is 6.43. The maximum Gasteiger partial charge on any atom is 0.336 e. The van der Waals surface area contributed by atoms with E-state index in [2.05, 4.69) is 45.2 Å². The van der Waals surface area contributed by atoms with Crippen molar-refractivity contribution in [2.45, 2.75) is 46.1 Å². The standard InChI is InChI=1S/C25H37N9O3/c1-4-5-18(3)37-25-30-22(26)24-29-15-20(34(24)31-25)13-19-12-17(2)23(28-14-19)33-9-7-32(8-10-33)21(36)16-27-6-11-35/h12,14-15,18,27,35H,4-11,13,16H2,1-3H3,(H2,26,30,31). The Morgan fingerprint density at radius 1 is 1.24 bits per heavy atom. The first-order chi connectivity index (χ1) is 17.9. The first-order valence-corrected chi connectivity index (χ1v) is 12.9. The van der Waals surface area contributed by atoms with Gasteiger partial charge in [-0.2, -0.15) is 4.98 Å². The van der Waals surface area contributed by atoms with Crippen LogP contribution in [0.3, 0.4) is 0 Å². The van der Waals surface area contributed by atoms with E-state index in [1.54, 1.807) is 10.7 Å². The molecule has 0 bridgehead atoms. The van der Waals surface area contributed by atoms with E-state index in [9.17, 15) is 4.79 Å². The van der Waals surface area contributed by atoms with Gasteiger partial charge in [-0.15, -0.1) is 5.10 Å². The molecule has 0 radical (unpaired) electrons. The molecule has 1 fully saturated rings. The van der Waals surface area contributed by atoms with Crippen molar-refractivity contribution in [2.75, 3.05) is 56.5 Å². The highest BCUT2D eigenvalue weighted by Crippen LogP contribution is 2.22. The molecule has 4 rings (SSSR count). The first kappa shape index (κ1) is 26.6. The summed E-state index contributed by atoms with van der Waals surface area (Å²) in [6.45, 7) is 9.58. The zero-order valence-corrected chi connectivity index (χ0v) is 21.9. The topological polar surface area (TPSA) is 147 Å². The molecule has 4 N–H and O–H groups in total. The van der Waals surface area contributed by atoms with Crippen LogP contribution in [0.15, 0.2) is 18.5 Å². The Labute approximate surface area is 216 Å². The molecule has 4 heterocycles. The second-order valence-corrected chi connectivity index (χ2v) is 9.41. The van der Waals surface area contributed by atoms with Crippen molar-refractivity contribution >= 4 is 23.2 Å². The van der Waals surface area contributed by atoms with Gasteiger partial charge >= 0.3 is 6.01 Å². The molecular formula is C25H37N9O3. The predicted molar refractivity (Wildman–Crippen MR) is 141 cm³/mol. The van der Waals surface area contributed by atoms with Gasteiger partial charge in [0.1, 0.15) is 5.82 Å². The third kappa shape index (κ3) is 6.44. The molecule has 3 aromatic rings. The predicted octanol–water partition coefficient (Wildman–Crippen LogP) is 0.799. The molecule has 1 aliphatic heterocycles. The Hall–Kier alpha value is -3.51. The van der Waals surface area contributed by atoms with E-state index in [0.29, 0.717) is 31.7 Å². The number of rotatable bonds is 11. The van der Waals surface area contributed by atoms with Gasteiger partial charge in [0.15, 0.2) is 11.5 Å². The maximum absolute atomic E-state index is 12.3. The number of hydrogen-bond donors (Lipinski definition) is 3. The van der Waals surface area contributed by atoms with E-state index < -0.39 is 0 Å². The number of pyridine rings is 1. The van der Waals surface area contributed by atoms with E-state index >= 15 is 0 Å². The minimum Gasteiger partial charge on any atom is -0.459 e. The molecule has 0 spiro atoms. The van der Waals surface area contributed by atoms with Gasteiger partial charge < -0.3 is 30.7 Å². The highest BCUT2D eigenvalue weighted by molar-refractivity contribution is 5.78. The monoisotopic (exact) mass is 511 g/mol. The third-order valence-electron chi connectivity index (χ3n) is 6.43. The largest absolute Gasteiger partial charge is 0.459 e. The molecule has 1 aliphatic rings. The molecule has 3 aromatic heterocycles. The van der Waals surface area contributed by atoms with E-state index in [4.69, 9.17) is 20.6 Å². The number of aryl methyl sites for hydroxylation is 1. The number of nitrogens with one attached hydrogen (secondary N) is 1. The van der Waals surface area contributed by atoms with Crippen LogP contribution in [-0.4, -0.2) is 92.5 Å². The van der Waals surface area contributed by atoms with Crippen molar-refractivity contribution in [3.8, 4) is 6.01 Å². The number of aliphatic hydroxyl groups is 1. The number of nitrogens with zero attached hydrogens (tertiary/aromatic N) is 7. The van der Waals surface area contributed by atoms with Gasteiger partial charge in [0, 0.05) is 45.3 Å². The number of anilines is 2. The summed E-state index contributed by atoms with van der Waals surface area (Å²) in [6.07, 6.45) is 6.13. The Morgan fingerprint density at radius 2 is 2.03 bits per heavy atom. The second-order valence-electron chi connectivity index (χ2n) is 9.41. The highest BCUT2D eigenvalue weighted by Gasteiger charge is 2.23. The van der Waals surface area contributed by atoms with Crippen molar-refractivity contribution in [1.82, 2.24) is 34.8 Å². The summed E-state index contributed by atoms with van der Waals surface area (Å²) in [4.78, 5) is 29.8. The summed E-state index contributed by atoms with van der Waals surface area (Å²) in [6, 6.07) is 2.38. The SMILES string of the molecule is CCCC(C)Oc1nc(N)c2ncc(Cc3cnc(N4CCN(C(=O)CNCCO)CC4)c(C)c3)n2n1. The smallest absolute Gasteiger partial charge is 0.336 e. The van der Waals surface area contributed by atoms with Crippen molar-refractivity contribution in [3.05, 3.63) is 35.3 Å². The van der Waals surface area contributed by atoms with Gasteiger partial charge in [0.2, 0.25) is 5.91 Å². The highest BCUT2D eigenvalue weighted by atomic mass is 16.5. The van der Waals surface area contributed by atoms with Gasteiger partial charge in [-0.25, -0.2) is 14.5 Å². The molecular weight excluding hydrogens is 474 g/mol. The van der Waals surface area contributed by atoms with Crippen molar-refractivity contribution < 1.29 is 14.6 Å². The number of hydrogen-bond acceptors (Lipinski definition) is 10. The number of amides is 1. The van der Waals surface area contributed by atoms with Gasteiger partial charge in [-0.1, -0.05) is 19.4 Å². The normalized spacial score (nSPS) is 14.8. The Balaban J connectivity index is 1.42. The Morgan fingerprint density at radius 3 is 2.73 bits per heavy atom. The zero-order valence-electron chi connectivity index (χ0n) is 21.9. The molecule has 12 heteroatoms. The Kier molecular flexibility index (Phi) is 8.72. The molecule has 0 aromatic carbocycles. The average Bonchev–Trinajstić information content (AvgIpc) is 3.27. The fourth-order valence-electron chi connectivity index (χ4n) is 4.56. The lowest BCUT2D eigenvalue weighted by molar-refractivity contribution is -0.130. The zero-order chi connectivity index (χ0) is 26.4. The van der Waals surface area contributed by atoms with Crippen molar-refractivity contribution in [2.24, 2.45) is 0 Å². The number of aromatic nitrogens is 5. The van der Waals surface area contributed by atoms with Gasteiger partial charge in [-0.3, -0.25) is 4.79 Å². The fraction of sp³-hybridized carbons (Fsp3) is 0.560. The summed E-state index contributed by atoms with van der Waals surface area (Å²) >= 11 is 0. The van der Waals surface area contributed by atoms with Crippen molar-refractivity contribution in [3.63, 3.8) is 0 Å². The molecule has 0 saturated carbocycles. The summed E-state index contributed by atoms with van der Waals surface area (Å²) in [7, 11) is 0. The van der Waals surface area contributed by atoms with Crippen LogP contribution >= 0.6 is 0 Å². The lowest BCUT2D eigenvalue weighted by Crippen LogP contribution is -2.51. The molecule has 1 unspecified atom stereocenters. The Bertz CT molecular complexity index is 1210. The molecule has 1 amide bonds. The van der Waals surface area contributed by atoms with Crippen LogP contribution in [0.25, 0.3) is 5.65 Å². The lowest BCUT2D eigenvalue weighted by Gasteiger charge is -2.36. The minimum absolute atomic E-state index is 0.00358. The molecule has 200 valence electrons. The van der Waals surface area contributed by atoms with Gasteiger partial charge in [0.25, 0.3) is 0 Å². The summed E-state index contributed by atoms with van der Waals surface area (Å²) in [5.74, 6) is 1.27. The fourth-order valence-corrected chi connectivity index (χ4v) is 4.56. The molecule has 12 nitrogen and oxygen atoms in total. The number of aliphatic hydroxyl groups excluding tert-OH is 1. The lowest BCUT2D eigenvalue weighted by atomic mass is 10.1. The van der Waals surface area contributed by atoms with Crippen LogP contribution in [0.4, 0.5) is 11.6 Å². The molecule has 1 atom stereocenters. The number of carbonyl (C=O) groups excluding carboxylic acids is 1. The minimum atomic E-state index is -0.00358. The number of nitrogens with two attached hydrogens (primary N) is 1. The van der Waals surface area contributed by atoms with E-state index in [1.807, 2.05) is 18.0 Å². The van der Waals surface area contributed by atoms with Gasteiger partial charge in [0.05, 0.1) is 31.1 Å². The van der Waals surface area contributed by atoms with Crippen LogP contribution in [-0.2, 0) is 11.2 Å². The maximum atomic E-state index is 12.3. The quantitative estimate of drug-likeness (QED) is 0.316. The number of carbonyl (C=O) groups is 1. The summed E-state index contributed by atoms with van der Waals surface area (Å²) < 4.78 is 7.56. The first-order valence-electron chi connectivity index (χ1n) is 12.9. The van der Waals surface area contributed by atoms with Gasteiger partial charge in [-0.05, 0) is 31.4 Å². The van der Waals surface area contributed by atoms with Crippen LogP contribution in [0.2, 0.25) is 0 Å². The number of imidazole rings is 1. The number of piperazine rings is 1. The van der Waals surface area contributed by atoms with Crippen LogP contribution in [0.5, 0.6) is 6.01 Å². The summed E-state index contributed by atoms with van der Waals surface area (Å²) in [5, 5.41) is 16.3. The number of fused-ring (bicyclic) bond motifs is 1. The number of nitrogen functional groups attached to an aromatic ring is 1. The van der Waals surface area contributed by atoms with E-state index in [0.717, 1.165) is 48.6 Å². The van der Waals surface area contributed by atoms with E-state index in [1.165, 1.54) is 0 Å². The average molecular weight is 512 g/mol. The number of ether oxygens (including phenoxy) is 1.